The summed E-state index contributed by atoms with van der Waals surface area (Å²) in [7, 11) is 1.60. The van der Waals surface area contributed by atoms with Gasteiger partial charge in [0.1, 0.15) is 23.4 Å². The molecule has 7 nitrogen and oxygen atoms in total. The third-order valence-corrected chi connectivity index (χ3v) is 3.75. The molecule has 2 heterocycles. The van der Waals surface area contributed by atoms with Gasteiger partial charge in [-0.2, -0.15) is 0 Å². The standard InChI is InChI=1S/C18H15FN6O/c1-26-13-6-4-5-12(9-13)24-25-17-16(10-20-11-21-17)23-18(25)22-15-8-3-2-7-14(15)19/h2-11,24H,1H3,(H,22,23). The van der Waals surface area contributed by atoms with Gasteiger partial charge in [-0.15, -0.1) is 0 Å². The lowest BCUT2D eigenvalue weighted by molar-refractivity contribution is 0.415. The van der Waals surface area contributed by atoms with E-state index in [-0.39, 0.29) is 5.82 Å². The number of anilines is 3. The van der Waals surface area contributed by atoms with Crippen LogP contribution in [0.1, 0.15) is 0 Å². The summed E-state index contributed by atoms with van der Waals surface area (Å²) in [6, 6.07) is 13.8. The smallest absolute Gasteiger partial charge is 0.229 e. The molecule has 2 N–H and O–H groups in total. The summed E-state index contributed by atoms with van der Waals surface area (Å²) in [6.45, 7) is 0. The summed E-state index contributed by atoms with van der Waals surface area (Å²) >= 11 is 0. The van der Waals surface area contributed by atoms with Crippen LogP contribution in [0.5, 0.6) is 5.75 Å². The highest BCUT2D eigenvalue weighted by molar-refractivity contribution is 5.76. The Kier molecular flexibility index (Phi) is 4.06. The fourth-order valence-corrected chi connectivity index (χ4v) is 2.53. The van der Waals surface area contributed by atoms with Gasteiger partial charge >= 0.3 is 0 Å². The van der Waals surface area contributed by atoms with Crippen LogP contribution in [-0.4, -0.2) is 26.7 Å². The summed E-state index contributed by atoms with van der Waals surface area (Å²) < 4.78 is 20.9. The second-order valence-corrected chi connectivity index (χ2v) is 5.45. The van der Waals surface area contributed by atoms with Crippen LogP contribution >= 0.6 is 0 Å². The largest absolute Gasteiger partial charge is 0.497 e. The van der Waals surface area contributed by atoms with Crippen LogP contribution in [0.25, 0.3) is 11.2 Å². The maximum atomic E-state index is 14.0. The van der Waals surface area contributed by atoms with Gasteiger partial charge in [-0.05, 0) is 24.3 Å². The number of halogens is 1. The molecule has 2 aromatic heterocycles. The Morgan fingerprint density at radius 1 is 1.12 bits per heavy atom. The Balaban J connectivity index is 1.77. The first-order valence-electron chi connectivity index (χ1n) is 7.85. The van der Waals surface area contributed by atoms with Crippen molar-refractivity contribution in [1.29, 1.82) is 0 Å². The molecule has 0 saturated carbocycles. The van der Waals surface area contributed by atoms with Gasteiger partial charge in [0.25, 0.3) is 0 Å². The molecule has 4 aromatic rings. The van der Waals surface area contributed by atoms with Crippen molar-refractivity contribution in [2.75, 3.05) is 17.9 Å². The average molecular weight is 350 g/mol. The SMILES string of the molecule is COc1cccc(Nn2c(Nc3ccccc3F)nc3cncnc32)c1. The van der Waals surface area contributed by atoms with E-state index in [0.717, 1.165) is 5.69 Å². The molecule has 8 heteroatoms. The van der Waals surface area contributed by atoms with E-state index in [1.54, 1.807) is 36.2 Å². The van der Waals surface area contributed by atoms with Crippen molar-refractivity contribution in [2.45, 2.75) is 0 Å². The van der Waals surface area contributed by atoms with Crippen LogP contribution in [0.2, 0.25) is 0 Å². The first kappa shape index (κ1) is 15.8. The maximum absolute atomic E-state index is 14.0. The monoisotopic (exact) mass is 350 g/mol. The van der Waals surface area contributed by atoms with E-state index in [2.05, 4.69) is 25.7 Å². The minimum absolute atomic E-state index is 0.310. The maximum Gasteiger partial charge on any atom is 0.229 e. The predicted molar refractivity (Wildman–Crippen MR) is 97.0 cm³/mol. The van der Waals surface area contributed by atoms with Gasteiger partial charge in [0.15, 0.2) is 5.65 Å². The van der Waals surface area contributed by atoms with Crippen molar-refractivity contribution < 1.29 is 9.13 Å². The van der Waals surface area contributed by atoms with Crippen LogP contribution < -0.4 is 15.5 Å². The lowest BCUT2D eigenvalue weighted by Gasteiger charge is -2.13. The zero-order valence-electron chi connectivity index (χ0n) is 13.8. The Morgan fingerprint density at radius 2 is 2.00 bits per heavy atom. The molecule has 0 saturated heterocycles. The van der Waals surface area contributed by atoms with E-state index in [0.29, 0.717) is 28.5 Å². The second-order valence-electron chi connectivity index (χ2n) is 5.45. The molecule has 0 spiro atoms. The van der Waals surface area contributed by atoms with E-state index in [4.69, 9.17) is 4.74 Å². The molecule has 0 fully saturated rings. The predicted octanol–water partition coefficient (Wildman–Crippen LogP) is 3.59. The molecule has 130 valence electrons. The van der Waals surface area contributed by atoms with E-state index < -0.39 is 0 Å². The van der Waals surface area contributed by atoms with E-state index in [1.807, 2.05) is 24.3 Å². The molecule has 26 heavy (non-hydrogen) atoms. The zero-order chi connectivity index (χ0) is 17.9. The van der Waals surface area contributed by atoms with Gasteiger partial charge in [-0.25, -0.2) is 24.0 Å². The van der Waals surface area contributed by atoms with Crippen LogP contribution in [-0.2, 0) is 0 Å². The summed E-state index contributed by atoms with van der Waals surface area (Å²) in [5, 5.41) is 2.99. The molecule has 0 radical (unpaired) electrons. The van der Waals surface area contributed by atoms with Gasteiger partial charge in [-0.1, -0.05) is 18.2 Å². The number of hydrogen-bond donors (Lipinski definition) is 2. The number of fused-ring (bicyclic) bond motifs is 1. The topological polar surface area (TPSA) is 76.9 Å². The van der Waals surface area contributed by atoms with Crippen LogP contribution in [0.15, 0.2) is 61.1 Å². The molecule has 2 aromatic carbocycles. The molecule has 0 unspecified atom stereocenters. The highest BCUT2D eigenvalue weighted by atomic mass is 19.1. The molecule has 0 bridgehead atoms. The molecule has 0 aliphatic heterocycles. The fraction of sp³-hybridized carbons (Fsp3) is 0.0556. The number of rotatable bonds is 5. The fourth-order valence-electron chi connectivity index (χ4n) is 2.53. The van der Waals surface area contributed by atoms with Crippen LogP contribution in [0, 0.1) is 5.82 Å². The molecule has 4 rings (SSSR count). The Morgan fingerprint density at radius 3 is 2.85 bits per heavy atom. The molecular weight excluding hydrogens is 335 g/mol. The lowest BCUT2D eigenvalue weighted by atomic mass is 10.3. The quantitative estimate of drug-likeness (QED) is 0.573. The van der Waals surface area contributed by atoms with Gasteiger partial charge in [0.2, 0.25) is 5.95 Å². The summed E-state index contributed by atoms with van der Waals surface area (Å²) in [5.41, 5.74) is 5.41. The number of para-hydroxylation sites is 1. The van der Waals surface area contributed by atoms with Crippen molar-refractivity contribution in [3.05, 3.63) is 66.9 Å². The molecule has 0 amide bonds. The van der Waals surface area contributed by atoms with E-state index >= 15 is 0 Å². The van der Waals surface area contributed by atoms with Gasteiger partial charge in [0, 0.05) is 6.07 Å². The number of methoxy groups -OCH3 is 1. The van der Waals surface area contributed by atoms with Gasteiger partial charge in [-0.3, -0.25) is 5.43 Å². The Labute approximate surface area is 148 Å². The normalized spacial score (nSPS) is 10.7. The number of nitrogens with one attached hydrogen (secondary N) is 2. The summed E-state index contributed by atoms with van der Waals surface area (Å²) in [6.07, 6.45) is 3.03. The number of benzene rings is 2. The third kappa shape index (κ3) is 3.00. The van der Waals surface area contributed by atoms with Crippen molar-refractivity contribution in [2.24, 2.45) is 0 Å². The van der Waals surface area contributed by atoms with Crippen molar-refractivity contribution >= 4 is 28.5 Å². The summed E-state index contributed by atoms with van der Waals surface area (Å²) in [4.78, 5) is 12.7. The second kappa shape index (κ2) is 6.67. The van der Waals surface area contributed by atoms with Crippen molar-refractivity contribution in [1.82, 2.24) is 19.6 Å². The van der Waals surface area contributed by atoms with Gasteiger partial charge < -0.3 is 10.1 Å². The zero-order valence-corrected chi connectivity index (χ0v) is 13.8. The first-order valence-corrected chi connectivity index (χ1v) is 7.85. The molecule has 0 atom stereocenters. The number of ether oxygens (including phenoxy) is 1. The average Bonchev–Trinajstić information content (AvgIpc) is 3.01. The molecule has 0 aliphatic rings. The molecular formula is C18H15FN6O. The first-order chi connectivity index (χ1) is 12.7. The van der Waals surface area contributed by atoms with E-state index in [1.165, 1.54) is 12.4 Å². The number of aromatic nitrogens is 4. The Bertz CT molecular complexity index is 1060. The lowest BCUT2D eigenvalue weighted by Crippen LogP contribution is -2.13. The summed E-state index contributed by atoms with van der Waals surface area (Å²) in [5.74, 6) is 0.713. The van der Waals surface area contributed by atoms with Crippen molar-refractivity contribution in [3.63, 3.8) is 0 Å². The number of hydrogen-bond acceptors (Lipinski definition) is 6. The highest BCUT2D eigenvalue weighted by Crippen LogP contribution is 2.24. The number of nitrogens with zero attached hydrogens (tertiary/aromatic N) is 4. The third-order valence-electron chi connectivity index (χ3n) is 3.75. The van der Waals surface area contributed by atoms with Gasteiger partial charge in [0.05, 0.1) is 24.7 Å². The van der Waals surface area contributed by atoms with Crippen LogP contribution in [0.4, 0.5) is 21.7 Å². The van der Waals surface area contributed by atoms with E-state index in [9.17, 15) is 4.39 Å². The highest BCUT2D eigenvalue weighted by Gasteiger charge is 2.14. The Hall–Kier alpha value is -3.68. The number of imidazole rings is 1. The minimum Gasteiger partial charge on any atom is -0.497 e. The van der Waals surface area contributed by atoms with Crippen molar-refractivity contribution in [3.8, 4) is 5.75 Å². The molecule has 0 aliphatic carbocycles. The minimum atomic E-state index is -0.376. The van der Waals surface area contributed by atoms with Crippen LogP contribution in [0.3, 0.4) is 0 Å².